The number of rotatable bonds is 0. The van der Waals surface area contributed by atoms with E-state index in [9.17, 15) is 0 Å². The van der Waals surface area contributed by atoms with E-state index in [-0.39, 0.29) is 5.41 Å². The third-order valence-electron chi connectivity index (χ3n) is 5.93. The Hall–Kier alpha value is -0.820. The quantitative estimate of drug-likeness (QED) is 0.739. The monoisotopic (exact) mass is 243 g/mol. The lowest BCUT2D eigenvalue weighted by Gasteiger charge is -2.56. The second kappa shape index (κ2) is 3.84. The van der Waals surface area contributed by atoms with Gasteiger partial charge in [-0.05, 0) is 53.6 Å². The Morgan fingerprint density at radius 3 is 2.61 bits per heavy atom. The summed E-state index contributed by atoms with van der Waals surface area (Å²) in [5, 5.41) is 0. The second-order valence-electron chi connectivity index (χ2n) is 7.13. The molecule has 0 heterocycles. The van der Waals surface area contributed by atoms with Crippen molar-refractivity contribution in [3.8, 4) is 0 Å². The Labute approximate surface area is 111 Å². The summed E-state index contributed by atoms with van der Waals surface area (Å²) >= 11 is 0. The Morgan fingerprint density at radius 2 is 1.83 bits per heavy atom. The lowest BCUT2D eigenvalue weighted by atomic mass is 9.49. The minimum Gasteiger partial charge on any atom is -0.327 e. The summed E-state index contributed by atoms with van der Waals surface area (Å²) < 4.78 is 0. The molecule has 2 aliphatic carbocycles. The molecule has 1 heteroatoms. The van der Waals surface area contributed by atoms with Crippen LogP contribution in [0.1, 0.15) is 51.2 Å². The molecule has 3 rings (SSSR count). The summed E-state index contributed by atoms with van der Waals surface area (Å²) in [6.45, 7) is 7.24. The molecule has 98 valence electrons. The van der Waals surface area contributed by atoms with E-state index in [1.54, 1.807) is 11.1 Å². The van der Waals surface area contributed by atoms with Crippen molar-refractivity contribution >= 4 is 0 Å². The van der Waals surface area contributed by atoms with Crippen LogP contribution in [0.4, 0.5) is 0 Å². The van der Waals surface area contributed by atoms with Crippen molar-refractivity contribution in [2.75, 3.05) is 0 Å². The first-order valence-electron chi connectivity index (χ1n) is 7.30. The number of benzene rings is 1. The van der Waals surface area contributed by atoms with Gasteiger partial charge in [0.25, 0.3) is 0 Å². The SMILES string of the molecule is CC1(C)[C@H](N)CC[C@@]2(C)c3ccccc3CC[C@H]12. The standard InChI is InChI=1S/C17H25N/c1-16(2)14-9-8-12-6-4-5-7-13(12)17(14,3)11-10-15(16)18/h4-7,14-15H,8-11,18H2,1-3H3/t14-,15-,17+/m1/s1. The fraction of sp³-hybridized carbons (Fsp3) is 0.647. The molecule has 0 spiro atoms. The third-order valence-corrected chi connectivity index (χ3v) is 5.93. The summed E-state index contributed by atoms with van der Waals surface area (Å²) in [6.07, 6.45) is 4.94. The van der Waals surface area contributed by atoms with Gasteiger partial charge in [-0.15, -0.1) is 0 Å². The molecule has 0 saturated heterocycles. The van der Waals surface area contributed by atoms with Gasteiger partial charge in [-0.3, -0.25) is 0 Å². The van der Waals surface area contributed by atoms with E-state index in [0.717, 1.165) is 12.3 Å². The van der Waals surface area contributed by atoms with Gasteiger partial charge in [0.15, 0.2) is 0 Å². The van der Waals surface area contributed by atoms with Crippen LogP contribution in [-0.2, 0) is 11.8 Å². The Balaban J connectivity index is 2.10. The molecule has 1 saturated carbocycles. The van der Waals surface area contributed by atoms with Crippen LogP contribution in [-0.4, -0.2) is 6.04 Å². The summed E-state index contributed by atoms with van der Waals surface area (Å²) in [5.74, 6) is 0.726. The highest BCUT2D eigenvalue weighted by Gasteiger charge is 2.52. The molecule has 1 aromatic carbocycles. The number of fused-ring (bicyclic) bond motifs is 3. The van der Waals surface area contributed by atoms with Gasteiger partial charge in [0.05, 0.1) is 0 Å². The minimum atomic E-state index is 0.264. The number of hydrogen-bond acceptors (Lipinski definition) is 1. The molecule has 18 heavy (non-hydrogen) atoms. The van der Waals surface area contributed by atoms with E-state index in [1.165, 1.54) is 19.3 Å². The molecule has 0 aliphatic heterocycles. The fourth-order valence-electron chi connectivity index (χ4n) is 4.69. The van der Waals surface area contributed by atoms with Crippen LogP contribution >= 0.6 is 0 Å². The van der Waals surface area contributed by atoms with Crippen LogP contribution in [0.15, 0.2) is 24.3 Å². The largest absolute Gasteiger partial charge is 0.327 e. The molecule has 0 amide bonds. The summed E-state index contributed by atoms with van der Waals surface area (Å²) in [5.41, 5.74) is 10.2. The zero-order chi connectivity index (χ0) is 13.0. The Morgan fingerprint density at radius 1 is 1.11 bits per heavy atom. The van der Waals surface area contributed by atoms with Crippen LogP contribution < -0.4 is 5.73 Å². The van der Waals surface area contributed by atoms with Crippen LogP contribution in [0.25, 0.3) is 0 Å². The van der Waals surface area contributed by atoms with Gasteiger partial charge in [0.2, 0.25) is 0 Å². The molecule has 0 aromatic heterocycles. The zero-order valence-corrected chi connectivity index (χ0v) is 11.9. The van der Waals surface area contributed by atoms with Gasteiger partial charge >= 0.3 is 0 Å². The highest BCUT2D eigenvalue weighted by atomic mass is 14.7. The molecule has 3 atom stereocenters. The molecule has 2 aliphatic rings. The molecular formula is C17H25N. The van der Waals surface area contributed by atoms with Gasteiger partial charge in [-0.1, -0.05) is 45.0 Å². The highest BCUT2D eigenvalue weighted by Crippen LogP contribution is 2.56. The second-order valence-corrected chi connectivity index (χ2v) is 7.13. The van der Waals surface area contributed by atoms with Gasteiger partial charge in [0, 0.05) is 6.04 Å². The molecule has 1 nitrogen and oxygen atoms in total. The predicted molar refractivity (Wildman–Crippen MR) is 76.6 cm³/mol. The maximum Gasteiger partial charge on any atom is 0.00935 e. The maximum absolute atomic E-state index is 6.40. The van der Waals surface area contributed by atoms with Crippen molar-refractivity contribution < 1.29 is 0 Å². The molecule has 2 N–H and O–H groups in total. The number of aryl methyl sites for hydroxylation is 1. The predicted octanol–water partition coefficient (Wildman–Crippen LogP) is 3.65. The average molecular weight is 243 g/mol. The van der Waals surface area contributed by atoms with Crippen molar-refractivity contribution in [2.24, 2.45) is 17.1 Å². The zero-order valence-electron chi connectivity index (χ0n) is 11.9. The van der Waals surface area contributed by atoms with E-state index in [2.05, 4.69) is 45.0 Å². The normalized spacial score (nSPS) is 37.8. The number of hydrogen-bond donors (Lipinski definition) is 1. The molecule has 1 fully saturated rings. The van der Waals surface area contributed by atoms with E-state index in [0.29, 0.717) is 11.5 Å². The van der Waals surface area contributed by atoms with Crippen LogP contribution in [0.5, 0.6) is 0 Å². The first kappa shape index (κ1) is 12.2. The van der Waals surface area contributed by atoms with Crippen molar-refractivity contribution in [1.82, 2.24) is 0 Å². The Kier molecular flexibility index (Phi) is 2.60. The minimum absolute atomic E-state index is 0.264. The topological polar surface area (TPSA) is 26.0 Å². The molecule has 0 bridgehead atoms. The first-order valence-corrected chi connectivity index (χ1v) is 7.30. The lowest BCUT2D eigenvalue weighted by Crippen LogP contribution is -2.56. The Bertz CT molecular complexity index is 462. The highest BCUT2D eigenvalue weighted by molar-refractivity contribution is 5.38. The van der Waals surface area contributed by atoms with E-state index < -0.39 is 0 Å². The molecule has 1 aromatic rings. The van der Waals surface area contributed by atoms with Crippen LogP contribution in [0.3, 0.4) is 0 Å². The summed E-state index contributed by atoms with van der Waals surface area (Å²) in [4.78, 5) is 0. The van der Waals surface area contributed by atoms with Gasteiger partial charge < -0.3 is 5.73 Å². The lowest BCUT2D eigenvalue weighted by molar-refractivity contribution is 0.0217. The molecule has 0 radical (unpaired) electrons. The van der Waals surface area contributed by atoms with Crippen molar-refractivity contribution in [3.05, 3.63) is 35.4 Å². The van der Waals surface area contributed by atoms with Crippen molar-refractivity contribution in [2.45, 2.75) is 57.9 Å². The smallest absolute Gasteiger partial charge is 0.00935 e. The summed E-state index contributed by atoms with van der Waals surface area (Å²) in [7, 11) is 0. The van der Waals surface area contributed by atoms with Gasteiger partial charge in [0.1, 0.15) is 0 Å². The summed E-state index contributed by atoms with van der Waals surface area (Å²) in [6, 6.07) is 9.42. The van der Waals surface area contributed by atoms with Crippen molar-refractivity contribution in [3.63, 3.8) is 0 Å². The average Bonchev–Trinajstić information content (AvgIpc) is 2.35. The van der Waals surface area contributed by atoms with E-state index >= 15 is 0 Å². The third kappa shape index (κ3) is 1.50. The van der Waals surface area contributed by atoms with Crippen molar-refractivity contribution in [1.29, 1.82) is 0 Å². The van der Waals surface area contributed by atoms with E-state index in [1.807, 2.05) is 0 Å². The van der Waals surface area contributed by atoms with E-state index in [4.69, 9.17) is 5.73 Å². The maximum atomic E-state index is 6.40. The van der Waals surface area contributed by atoms with Gasteiger partial charge in [-0.25, -0.2) is 0 Å². The molecule has 0 unspecified atom stereocenters. The van der Waals surface area contributed by atoms with Crippen LogP contribution in [0, 0.1) is 11.3 Å². The van der Waals surface area contributed by atoms with Crippen LogP contribution in [0.2, 0.25) is 0 Å². The first-order chi connectivity index (χ1) is 8.46. The van der Waals surface area contributed by atoms with Gasteiger partial charge in [-0.2, -0.15) is 0 Å². The molecular weight excluding hydrogens is 218 g/mol. The fourth-order valence-corrected chi connectivity index (χ4v) is 4.69. The number of nitrogens with two attached hydrogens (primary N) is 1.